The smallest absolute Gasteiger partial charge is 0.359 e. The summed E-state index contributed by atoms with van der Waals surface area (Å²) in [7, 11) is 1.43. The molecule has 1 N–H and O–H groups in total. The average Bonchev–Trinajstić information content (AvgIpc) is 3.29. The van der Waals surface area contributed by atoms with Crippen LogP contribution in [0.25, 0.3) is 21.9 Å². The number of aromatic nitrogens is 2. The summed E-state index contributed by atoms with van der Waals surface area (Å²) in [5.74, 6) is -2.06. The Morgan fingerprint density at radius 2 is 1.66 bits per heavy atom. The lowest BCUT2D eigenvalue weighted by atomic mass is 10.0. The lowest BCUT2D eigenvalue weighted by Gasteiger charge is -2.10. The number of hydrogen-bond acceptors (Lipinski definition) is 8. The Kier molecular flexibility index (Phi) is 7.02. The van der Waals surface area contributed by atoms with Gasteiger partial charge in [0.15, 0.2) is 12.3 Å². The zero-order valence-electron chi connectivity index (χ0n) is 18.9. The molecule has 0 radical (unpaired) electrons. The van der Waals surface area contributed by atoms with Gasteiger partial charge in [0.1, 0.15) is 10.6 Å². The highest BCUT2D eigenvalue weighted by Crippen LogP contribution is 2.36. The van der Waals surface area contributed by atoms with E-state index in [0.717, 1.165) is 10.2 Å². The van der Waals surface area contributed by atoms with Crippen molar-refractivity contribution in [1.29, 1.82) is 0 Å². The zero-order chi connectivity index (χ0) is 24.9. The van der Waals surface area contributed by atoms with Gasteiger partial charge >= 0.3 is 11.9 Å². The van der Waals surface area contributed by atoms with Crippen molar-refractivity contribution in [2.75, 3.05) is 18.5 Å². The number of carbonyl (C=O) groups excluding carboxylic acids is 3. The van der Waals surface area contributed by atoms with Crippen molar-refractivity contribution in [3.63, 3.8) is 0 Å². The van der Waals surface area contributed by atoms with Crippen LogP contribution in [0, 0.1) is 0 Å². The van der Waals surface area contributed by atoms with Crippen LogP contribution in [0.4, 0.5) is 5.00 Å². The van der Waals surface area contributed by atoms with Crippen LogP contribution in [0.5, 0.6) is 0 Å². The van der Waals surface area contributed by atoms with E-state index in [1.165, 1.54) is 18.4 Å². The lowest BCUT2D eigenvalue weighted by Crippen LogP contribution is -2.26. The first kappa shape index (κ1) is 23.8. The number of aryl methyl sites for hydroxylation is 1. The van der Waals surface area contributed by atoms with Crippen molar-refractivity contribution in [3.8, 4) is 11.1 Å². The Labute approximate surface area is 203 Å². The number of nitrogens with one attached hydrogen (secondary N) is 1. The fourth-order valence-electron chi connectivity index (χ4n) is 3.50. The monoisotopic (exact) mass is 491 g/mol. The molecule has 0 spiro atoms. The van der Waals surface area contributed by atoms with Gasteiger partial charge in [0.05, 0.1) is 12.0 Å². The second-order valence-corrected chi connectivity index (χ2v) is 8.27. The van der Waals surface area contributed by atoms with Gasteiger partial charge in [-0.1, -0.05) is 48.5 Å². The number of anilines is 1. The third kappa shape index (κ3) is 4.97. The van der Waals surface area contributed by atoms with Gasteiger partial charge in [-0.3, -0.25) is 9.59 Å². The molecule has 1 amide bonds. The summed E-state index contributed by atoms with van der Waals surface area (Å²) < 4.78 is 11.4. The first-order valence-corrected chi connectivity index (χ1v) is 11.6. The van der Waals surface area contributed by atoms with Crippen molar-refractivity contribution in [2.24, 2.45) is 7.05 Å². The topological polar surface area (TPSA) is 117 Å². The molecule has 0 atom stereocenters. The summed E-state index contributed by atoms with van der Waals surface area (Å²) in [6.07, 6.45) is 0. The van der Waals surface area contributed by atoms with Crippen LogP contribution in [0.15, 0.2) is 64.8 Å². The zero-order valence-corrected chi connectivity index (χ0v) is 19.8. The van der Waals surface area contributed by atoms with Crippen LogP contribution < -0.4 is 10.9 Å². The maximum Gasteiger partial charge on any atom is 0.359 e. The van der Waals surface area contributed by atoms with E-state index in [1.807, 2.05) is 30.3 Å². The third-order valence-electron chi connectivity index (χ3n) is 5.09. The van der Waals surface area contributed by atoms with E-state index in [4.69, 9.17) is 9.47 Å². The first-order valence-electron chi connectivity index (χ1n) is 10.7. The van der Waals surface area contributed by atoms with Crippen LogP contribution >= 0.6 is 11.3 Å². The van der Waals surface area contributed by atoms with Crippen LogP contribution in [-0.4, -0.2) is 40.8 Å². The van der Waals surface area contributed by atoms with Crippen molar-refractivity contribution >= 4 is 45.0 Å². The minimum atomic E-state index is -0.853. The van der Waals surface area contributed by atoms with Crippen LogP contribution in [0.1, 0.15) is 27.8 Å². The maximum absolute atomic E-state index is 12.7. The van der Waals surface area contributed by atoms with E-state index < -0.39 is 24.5 Å². The fourth-order valence-corrected chi connectivity index (χ4v) is 4.47. The molecule has 0 saturated heterocycles. The highest BCUT2D eigenvalue weighted by molar-refractivity contribution is 7.15. The molecule has 2 aromatic carbocycles. The molecule has 0 aliphatic carbocycles. The van der Waals surface area contributed by atoms with Gasteiger partial charge in [0.2, 0.25) is 0 Å². The number of ether oxygens (including phenoxy) is 2. The Morgan fingerprint density at radius 3 is 2.37 bits per heavy atom. The number of hydrogen-bond donors (Lipinski definition) is 1. The summed E-state index contributed by atoms with van der Waals surface area (Å²) in [5.41, 5.74) is 1.22. The molecule has 2 aromatic heterocycles. The number of amides is 1. The number of carbonyl (C=O) groups is 3. The summed E-state index contributed by atoms with van der Waals surface area (Å²) in [5, 5.41) is 9.31. The van der Waals surface area contributed by atoms with Gasteiger partial charge < -0.3 is 14.8 Å². The molecule has 10 heteroatoms. The van der Waals surface area contributed by atoms with Gasteiger partial charge in [0, 0.05) is 23.4 Å². The largest absolute Gasteiger partial charge is 0.462 e. The average molecular weight is 492 g/mol. The van der Waals surface area contributed by atoms with Crippen molar-refractivity contribution < 1.29 is 23.9 Å². The van der Waals surface area contributed by atoms with Gasteiger partial charge in [0.25, 0.3) is 11.5 Å². The normalized spacial score (nSPS) is 10.7. The lowest BCUT2D eigenvalue weighted by molar-refractivity contribution is -0.119. The molecule has 2 heterocycles. The van der Waals surface area contributed by atoms with Crippen molar-refractivity contribution in [2.45, 2.75) is 6.92 Å². The predicted octanol–water partition coefficient (Wildman–Crippen LogP) is 3.63. The third-order valence-corrected chi connectivity index (χ3v) is 5.99. The predicted molar refractivity (Wildman–Crippen MR) is 132 cm³/mol. The molecule has 4 aromatic rings. The fraction of sp³-hybridized carbons (Fsp3) is 0.160. The van der Waals surface area contributed by atoms with E-state index in [9.17, 15) is 19.2 Å². The molecule has 35 heavy (non-hydrogen) atoms. The highest BCUT2D eigenvalue weighted by Gasteiger charge is 2.24. The molecule has 9 nitrogen and oxygen atoms in total. The minimum Gasteiger partial charge on any atom is -0.462 e. The van der Waals surface area contributed by atoms with Crippen molar-refractivity contribution in [3.05, 3.63) is 81.6 Å². The number of thiophene rings is 1. The molecule has 4 rings (SSSR count). The Morgan fingerprint density at radius 1 is 0.971 bits per heavy atom. The van der Waals surface area contributed by atoms with Gasteiger partial charge in [-0.15, -0.1) is 11.3 Å². The number of nitrogens with zero attached hydrogens (tertiary/aromatic N) is 2. The van der Waals surface area contributed by atoms with E-state index in [2.05, 4.69) is 10.4 Å². The number of esters is 2. The minimum absolute atomic E-state index is 0.0785. The van der Waals surface area contributed by atoms with Gasteiger partial charge in [-0.05, 0) is 18.6 Å². The Bertz CT molecular complexity index is 1480. The number of benzene rings is 2. The molecule has 0 unspecified atom stereocenters. The van der Waals surface area contributed by atoms with Crippen LogP contribution in [0.2, 0.25) is 0 Å². The Balaban J connectivity index is 1.53. The van der Waals surface area contributed by atoms with E-state index in [0.29, 0.717) is 16.3 Å². The number of rotatable bonds is 7. The second kappa shape index (κ2) is 10.3. The maximum atomic E-state index is 12.7. The molecular formula is C25H21N3O6S. The quantitative estimate of drug-likeness (QED) is 0.392. The summed E-state index contributed by atoms with van der Waals surface area (Å²) in [6, 6.07) is 15.8. The van der Waals surface area contributed by atoms with E-state index in [1.54, 1.807) is 36.6 Å². The Hall–Kier alpha value is -4.31. The molecule has 0 aliphatic heterocycles. The van der Waals surface area contributed by atoms with Gasteiger partial charge in [-0.2, -0.15) is 5.10 Å². The molecule has 0 bridgehead atoms. The second-order valence-electron chi connectivity index (χ2n) is 7.39. The van der Waals surface area contributed by atoms with Gasteiger partial charge in [-0.25, -0.2) is 14.3 Å². The molecular weight excluding hydrogens is 470 g/mol. The van der Waals surface area contributed by atoms with Crippen molar-refractivity contribution in [1.82, 2.24) is 9.78 Å². The number of fused-ring (bicyclic) bond motifs is 1. The van der Waals surface area contributed by atoms with Crippen LogP contribution in [-0.2, 0) is 21.3 Å². The first-order chi connectivity index (χ1) is 16.9. The van der Waals surface area contributed by atoms with E-state index >= 15 is 0 Å². The summed E-state index contributed by atoms with van der Waals surface area (Å²) >= 11 is 1.17. The molecule has 178 valence electrons. The standard InChI is InChI=1S/C25H21N3O6S/c1-3-33-24(31)20-18(15-9-5-4-6-10-15)14-35-22(20)26-19(29)13-34-25(32)21-16-11-7-8-12-17(16)23(30)28(2)27-21/h4-12,14H,3,13H2,1-2H3,(H,26,29). The van der Waals surface area contributed by atoms with E-state index in [-0.39, 0.29) is 28.4 Å². The van der Waals surface area contributed by atoms with Crippen LogP contribution in [0.3, 0.4) is 0 Å². The highest BCUT2D eigenvalue weighted by atomic mass is 32.1. The molecule has 0 fully saturated rings. The summed E-state index contributed by atoms with van der Waals surface area (Å²) in [6.45, 7) is 1.26. The summed E-state index contributed by atoms with van der Waals surface area (Å²) in [4.78, 5) is 50.2. The molecule has 0 saturated carbocycles. The molecule has 0 aliphatic rings. The SMILES string of the molecule is CCOC(=O)c1c(-c2ccccc2)csc1NC(=O)COC(=O)c1nn(C)c(=O)c2ccccc12.